The zero-order chi connectivity index (χ0) is 28.0. The van der Waals surface area contributed by atoms with Gasteiger partial charge < -0.3 is 15.0 Å². The minimum Gasteiger partial charge on any atom is -0.486 e. The van der Waals surface area contributed by atoms with E-state index >= 15 is 0 Å². The van der Waals surface area contributed by atoms with Gasteiger partial charge in [-0.25, -0.2) is 15.0 Å². The predicted octanol–water partition coefficient (Wildman–Crippen LogP) is 0.749. The van der Waals surface area contributed by atoms with Gasteiger partial charge in [-0.3, -0.25) is 25.2 Å². The number of ketones is 1. The van der Waals surface area contributed by atoms with Gasteiger partial charge in [0.1, 0.15) is 18.4 Å². The minimum absolute atomic E-state index is 0.0449. The Morgan fingerprint density at radius 1 is 1.15 bits per heavy atom. The highest BCUT2D eigenvalue weighted by molar-refractivity contribution is 6.44. The molecule has 2 aliphatic rings. The number of nitrogens with zero attached hydrogens (tertiary/aromatic N) is 4. The molecule has 0 spiro atoms. The van der Waals surface area contributed by atoms with Gasteiger partial charge in [0.25, 0.3) is 5.91 Å². The first-order valence-electron chi connectivity index (χ1n) is 13.4. The summed E-state index contributed by atoms with van der Waals surface area (Å²) < 4.78 is 5.78. The summed E-state index contributed by atoms with van der Waals surface area (Å²) in [5.74, 6) is 0.363. The minimum atomic E-state index is -0.506. The van der Waals surface area contributed by atoms with Crippen LogP contribution in [-0.2, 0) is 21.0 Å². The maximum absolute atomic E-state index is 13.2. The van der Waals surface area contributed by atoms with E-state index in [0.29, 0.717) is 35.8 Å². The van der Waals surface area contributed by atoms with E-state index in [4.69, 9.17) is 10.1 Å². The number of benzene rings is 1. The molecule has 0 bridgehead atoms. The van der Waals surface area contributed by atoms with Crippen molar-refractivity contribution >= 4 is 29.0 Å². The summed E-state index contributed by atoms with van der Waals surface area (Å²) in [4.78, 5) is 48.3. The normalized spacial score (nSPS) is 18.8. The Hall–Kier alpha value is -3.86. The number of ether oxygens (including phenoxy) is 1. The van der Waals surface area contributed by atoms with Crippen LogP contribution in [0.1, 0.15) is 57.8 Å². The van der Waals surface area contributed by atoms with Crippen LogP contribution < -0.4 is 20.9 Å². The van der Waals surface area contributed by atoms with Crippen LogP contribution in [0.2, 0.25) is 0 Å². The van der Waals surface area contributed by atoms with Crippen molar-refractivity contribution in [1.29, 1.82) is 0 Å². The second kappa shape index (κ2) is 12.3. The molecule has 2 aromatic rings. The average Bonchev–Trinajstić information content (AvgIpc) is 3.41. The Morgan fingerprint density at radius 2 is 1.92 bits per heavy atom. The lowest BCUT2D eigenvalue weighted by atomic mass is 9.85. The second-order valence-corrected chi connectivity index (χ2v) is 10.9. The van der Waals surface area contributed by atoms with Crippen LogP contribution in [0.25, 0.3) is 0 Å². The summed E-state index contributed by atoms with van der Waals surface area (Å²) in [5, 5.41) is 11.2. The van der Waals surface area contributed by atoms with Crippen LogP contribution in [0, 0.1) is 5.41 Å². The number of anilines is 1. The van der Waals surface area contributed by atoms with Crippen molar-refractivity contribution in [1.82, 2.24) is 25.3 Å². The van der Waals surface area contributed by atoms with Crippen molar-refractivity contribution in [2.24, 2.45) is 5.41 Å². The molecule has 0 aliphatic carbocycles. The van der Waals surface area contributed by atoms with E-state index in [1.54, 1.807) is 41.6 Å². The van der Waals surface area contributed by atoms with Crippen molar-refractivity contribution in [3.8, 4) is 5.75 Å². The summed E-state index contributed by atoms with van der Waals surface area (Å²) in [6, 6.07) is 6.30. The summed E-state index contributed by atoms with van der Waals surface area (Å²) in [6.07, 6.45) is 6.81. The summed E-state index contributed by atoms with van der Waals surface area (Å²) >= 11 is 0. The van der Waals surface area contributed by atoms with Gasteiger partial charge in [-0.15, -0.1) is 0 Å². The van der Waals surface area contributed by atoms with Gasteiger partial charge in [0.2, 0.25) is 17.4 Å². The summed E-state index contributed by atoms with van der Waals surface area (Å²) in [7, 11) is 0. The van der Waals surface area contributed by atoms with Crippen LogP contribution in [0.15, 0.2) is 36.7 Å². The predicted molar refractivity (Wildman–Crippen MR) is 145 cm³/mol. The Morgan fingerprint density at radius 3 is 2.64 bits per heavy atom. The first kappa shape index (κ1) is 28.2. The third-order valence-corrected chi connectivity index (χ3v) is 7.12. The molecule has 39 heavy (non-hydrogen) atoms. The lowest BCUT2D eigenvalue weighted by Crippen LogP contribution is -2.55. The number of hydrogen-bond acceptors (Lipinski definition) is 8. The Labute approximate surface area is 228 Å². The number of nitrogens with one attached hydrogen (secondary N) is 2. The van der Waals surface area contributed by atoms with Crippen molar-refractivity contribution < 1.29 is 24.5 Å². The Balaban J connectivity index is 1.39. The number of carbonyl (C=O) groups excluding carboxylic acids is 3. The van der Waals surface area contributed by atoms with Gasteiger partial charge >= 0.3 is 0 Å². The molecule has 0 saturated carbocycles. The van der Waals surface area contributed by atoms with E-state index < -0.39 is 6.04 Å². The number of aromatic nitrogens is 2. The quantitative estimate of drug-likeness (QED) is 0.378. The Kier molecular flexibility index (Phi) is 8.90. The van der Waals surface area contributed by atoms with Gasteiger partial charge in [-0.2, -0.15) is 0 Å². The number of carbonyl (C=O) groups is 3. The molecule has 208 valence electrons. The third kappa shape index (κ3) is 7.38. The molecule has 0 radical (unpaired) electrons. The number of Topliss-reactive ketones (excluding diaryl/α,β-unsaturated/α-hetero) is 1. The van der Waals surface area contributed by atoms with Gasteiger partial charge in [-0.1, -0.05) is 13.8 Å². The van der Waals surface area contributed by atoms with Crippen LogP contribution in [-0.4, -0.2) is 75.4 Å². The van der Waals surface area contributed by atoms with Gasteiger partial charge in [0.05, 0.1) is 12.1 Å². The zero-order valence-corrected chi connectivity index (χ0v) is 22.9. The molecule has 1 aromatic heterocycles. The van der Waals surface area contributed by atoms with E-state index in [1.807, 2.05) is 5.01 Å². The van der Waals surface area contributed by atoms with E-state index in [0.717, 1.165) is 32.4 Å². The van der Waals surface area contributed by atoms with Crippen LogP contribution >= 0.6 is 0 Å². The number of hydrazine groups is 1. The van der Waals surface area contributed by atoms with Crippen molar-refractivity contribution in [3.63, 3.8) is 0 Å². The topological polar surface area (TPSA) is 142 Å². The molecular formula is C28H38N7O4+. The van der Waals surface area contributed by atoms with Gasteiger partial charge in [0.15, 0.2) is 5.82 Å². The molecule has 4 N–H and O–H groups in total. The number of piperidine rings is 1. The lowest BCUT2D eigenvalue weighted by molar-refractivity contribution is -0.140. The number of amides is 2. The standard InChI is InChI=1S/C28H37N7O4/c1-19(36)26(29)21-15-20(39-17-24-30-11-6-12-31-24)8-9-22(21)32-16-25(37)35-14-4-7-23(35)27(38)33-34-13-5-10-28(2,3)18-34/h6,8-9,11-12,15,23,29,32H,4-5,7,10,13-14,16-18H2,1-3H3,(H,33,38)/p+1/t23-/m0/s1. The van der Waals surface area contributed by atoms with Crippen LogP contribution in [0.5, 0.6) is 5.75 Å². The molecule has 11 nitrogen and oxygen atoms in total. The fourth-order valence-corrected chi connectivity index (χ4v) is 5.09. The smallest absolute Gasteiger partial charge is 0.257 e. The number of rotatable bonds is 10. The fraction of sp³-hybridized carbons (Fsp3) is 0.500. The van der Waals surface area contributed by atoms with Crippen molar-refractivity contribution in [3.05, 3.63) is 48.0 Å². The number of nitrogens with two attached hydrogens (primary N) is 1. The number of likely N-dealkylation sites (tertiary alicyclic amines) is 1. The molecule has 1 atom stereocenters. The van der Waals surface area contributed by atoms with E-state index in [9.17, 15) is 14.4 Å². The SMILES string of the molecule is CC(=O)C(=[NH2+])c1cc(OCc2ncccn2)ccc1NCC(=O)N1CCC[C@H]1C(=O)NN1CCCC(C)(C)C1. The van der Waals surface area contributed by atoms with Crippen LogP contribution in [0.3, 0.4) is 0 Å². The highest BCUT2D eigenvalue weighted by atomic mass is 16.5. The molecule has 2 amide bonds. The maximum Gasteiger partial charge on any atom is 0.257 e. The third-order valence-electron chi connectivity index (χ3n) is 7.12. The molecule has 0 unspecified atom stereocenters. The van der Waals surface area contributed by atoms with Gasteiger partial charge in [0, 0.05) is 44.6 Å². The summed E-state index contributed by atoms with van der Waals surface area (Å²) in [5.41, 5.74) is 4.20. The van der Waals surface area contributed by atoms with Crippen molar-refractivity contribution in [2.75, 3.05) is 31.5 Å². The van der Waals surface area contributed by atoms with E-state index in [2.05, 4.69) is 34.6 Å². The molecule has 1 aromatic carbocycles. The second-order valence-electron chi connectivity index (χ2n) is 10.9. The monoisotopic (exact) mass is 536 g/mol. The molecule has 2 fully saturated rings. The molecule has 2 saturated heterocycles. The summed E-state index contributed by atoms with van der Waals surface area (Å²) in [6.45, 7) is 8.00. The number of hydrogen-bond donors (Lipinski definition) is 3. The Bertz CT molecular complexity index is 1220. The molecule has 11 heteroatoms. The highest BCUT2D eigenvalue weighted by Crippen LogP contribution is 2.28. The lowest BCUT2D eigenvalue weighted by Gasteiger charge is -2.38. The average molecular weight is 537 g/mol. The van der Waals surface area contributed by atoms with Crippen LogP contribution in [0.4, 0.5) is 5.69 Å². The highest BCUT2D eigenvalue weighted by Gasteiger charge is 2.36. The first-order valence-corrected chi connectivity index (χ1v) is 13.4. The van der Waals surface area contributed by atoms with E-state index in [-0.39, 0.29) is 41.9 Å². The first-order chi connectivity index (χ1) is 18.6. The fourth-order valence-electron chi connectivity index (χ4n) is 5.09. The molecule has 2 aliphatic heterocycles. The van der Waals surface area contributed by atoms with E-state index in [1.165, 1.54) is 6.92 Å². The zero-order valence-electron chi connectivity index (χ0n) is 22.9. The molecule has 4 rings (SSSR count). The molecule has 3 heterocycles. The van der Waals surface area contributed by atoms with Gasteiger partial charge in [-0.05, 0) is 55.4 Å². The molecular weight excluding hydrogens is 498 g/mol. The maximum atomic E-state index is 13.2. The van der Waals surface area contributed by atoms with Crippen molar-refractivity contribution in [2.45, 2.75) is 59.1 Å². The largest absolute Gasteiger partial charge is 0.486 e.